The standard InChI is InChI=1S/C14H19FN2OS2/c1-17(20-19-11-7-3-2-4-8-11)14(18)16-13-10-6-5-9-12(13)15/h5-6,9-11H,2-4,7-8H2,1H3,(H,16,18). The summed E-state index contributed by atoms with van der Waals surface area (Å²) in [6.07, 6.45) is 6.33. The van der Waals surface area contributed by atoms with E-state index >= 15 is 0 Å². The number of para-hydroxylation sites is 1. The molecule has 1 fully saturated rings. The Morgan fingerprint density at radius 1 is 1.30 bits per heavy atom. The van der Waals surface area contributed by atoms with Crippen LogP contribution in [0, 0.1) is 5.82 Å². The Morgan fingerprint density at radius 3 is 2.70 bits per heavy atom. The Bertz CT molecular complexity index is 453. The topological polar surface area (TPSA) is 32.3 Å². The van der Waals surface area contributed by atoms with E-state index in [2.05, 4.69) is 5.32 Å². The summed E-state index contributed by atoms with van der Waals surface area (Å²) in [5, 5.41) is 3.20. The van der Waals surface area contributed by atoms with Crippen LogP contribution >= 0.6 is 21.8 Å². The zero-order valence-electron chi connectivity index (χ0n) is 11.5. The third-order valence-corrected chi connectivity index (χ3v) is 6.21. The molecule has 0 atom stereocenters. The maximum absolute atomic E-state index is 13.4. The predicted molar refractivity (Wildman–Crippen MR) is 85.2 cm³/mol. The van der Waals surface area contributed by atoms with Crippen LogP contribution in [0.1, 0.15) is 32.1 Å². The van der Waals surface area contributed by atoms with Gasteiger partial charge in [-0.2, -0.15) is 0 Å². The molecule has 0 aromatic heterocycles. The number of urea groups is 1. The smallest absolute Gasteiger partial charge is 0.304 e. The predicted octanol–water partition coefficient (Wildman–Crippen LogP) is 4.92. The second-order valence-electron chi connectivity index (χ2n) is 4.84. The average molecular weight is 314 g/mol. The van der Waals surface area contributed by atoms with Crippen LogP contribution in [-0.4, -0.2) is 22.6 Å². The van der Waals surface area contributed by atoms with Gasteiger partial charge in [0.1, 0.15) is 5.82 Å². The molecule has 1 aromatic carbocycles. The van der Waals surface area contributed by atoms with Crippen LogP contribution in [0.5, 0.6) is 0 Å². The van der Waals surface area contributed by atoms with E-state index in [0.29, 0.717) is 5.25 Å². The molecular weight excluding hydrogens is 295 g/mol. The molecule has 0 saturated heterocycles. The number of carbonyl (C=O) groups excluding carboxylic acids is 1. The van der Waals surface area contributed by atoms with Gasteiger partial charge in [-0.25, -0.2) is 9.18 Å². The summed E-state index contributed by atoms with van der Waals surface area (Å²) < 4.78 is 15.0. The largest absolute Gasteiger partial charge is 0.332 e. The number of rotatable bonds is 4. The normalized spacial score (nSPS) is 15.9. The molecule has 0 heterocycles. The van der Waals surface area contributed by atoms with Crippen molar-refractivity contribution in [1.29, 1.82) is 0 Å². The monoisotopic (exact) mass is 314 g/mol. The molecule has 0 unspecified atom stereocenters. The van der Waals surface area contributed by atoms with Crippen molar-refractivity contribution in [2.45, 2.75) is 37.4 Å². The van der Waals surface area contributed by atoms with Crippen molar-refractivity contribution < 1.29 is 9.18 Å². The van der Waals surface area contributed by atoms with Crippen molar-refractivity contribution in [2.75, 3.05) is 12.4 Å². The molecule has 1 N–H and O–H groups in total. The lowest BCUT2D eigenvalue weighted by Gasteiger charge is -2.23. The molecule has 0 spiro atoms. The number of halogens is 1. The van der Waals surface area contributed by atoms with E-state index in [9.17, 15) is 9.18 Å². The summed E-state index contributed by atoms with van der Waals surface area (Å²) >= 11 is 0. The Hall–Kier alpha value is -0.880. The summed E-state index contributed by atoms with van der Waals surface area (Å²) in [7, 11) is 4.87. The maximum Gasteiger partial charge on any atom is 0.332 e. The number of hydrogen-bond donors (Lipinski definition) is 1. The highest BCUT2D eigenvalue weighted by Gasteiger charge is 2.18. The third-order valence-electron chi connectivity index (χ3n) is 3.24. The first-order valence-corrected chi connectivity index (χ1v) is 8.96. The Balaban J connectivity index is 1.78. The highest BCUT2D eigenvalue weighted by Crippen LogP contribution is 2.37. The van der Waals surface area contributed by atoms with Crippen LogP contribution in [0.2, 0.25) is 0 Å². The van der Waals surface area contributed by atoms with Gasteiger partial charge in [-0.3, -0.25) is 4.31 Å². The molecule has 0 bridgehead atoms. The number of amides is 2. The highest BCUT2D eigenvalue weighted by molar-refractivity contribution is 8.76. The molecule has 1 aliphatic rings. The molecule has 1 aromatic rings. The number of benzene rings is 1. The molecule has 1 aliphatic carbocycles. The fourth-order valence-electron chi connectivity index (χ4n) is 2.08. The second kappa shape index (κ2) is 7.78. The quantitative estimate of drug-likeness (QED) is 0.632. The Kier molecular flexibility index (Phi) is 6.04. The second-order valence-corrected chi connectivity index (χ2v) is 7.42. The van der Waals surface area contributed by atoms with E-state index in [-0.39, 0.29) is 11.7 Å². The van der Waals surface area contributed by atoms with Gasteiger partial charge in [-0.1, -0.05) is 42.2 Å². The van der Waals surface area contributed by atoms with Crippen LogP contribution in [-0.2, 0) is 0 Å². The molecular formula is C14H19FN2OS2. The molecule has 1 saturated carbocycles. The first kappa shape index (κ1) is 15.5. The molecule has 6 heteroatoms. The lowest BCUT2D eigenvalue weighted by molar-refractivity contribution is 0.243. The van der Waals surface area contributed by atoms with Crippen molar-refractivity contribution in [3.05, 3.63) is 30.1 Å². The van der Waals surface area contributed by atoms with E-state index in [1.807, 2.05) is 0 Å². The summed E-state index contributed by atoms with van der Waals surface area (Å²) in [6, 6.07) is 5.88. The summed E-state index contributed by atoms with van der Waals surface area (Å²) in [6.45, 7) is 0. The van der Waals surface area contributed by atoms with Crippen LogP contribution < -0.4 is 5.32 Å². The number of nitrogens with one attached hydrogen (secondary N) is 1. The zero-order chi connectivity index (χ0) is 14.4. The van der Waals surface area contributed by atoms with Crippen LogP contribution in [0.3, 0.4) is 0 Å². The molecule has 0 aliphatic heterocycles. The van der Waals surface area contributed by atoms with Crippen molar-refractivity contribution in [3.63, 3.8) is 0 Å². The highest BCUT2D eigenvalue weighted by atomic mass is 33.1. The minimum atomic E-state index is -0.417. The third kappa shape index (κ3) is 4.59. The number of carbonyl (C=O) groups is 1. The van der Waals surface area contributed by atoms with Gasteiger partial charge in [0, 0.05) is 23.3 Å². The van der Waals surface area contributed by atoms with Crippen LogP contribution in [0.4, 0.5) is 14.9 Å². The van der Waals surface area contributed by atoms with E-state index in [1.54, 1.807) is 36.0 Å². The van der Waals surface area contributed by atoms with E-state index < -0.39 is 5.82 Å². The van der Waals surface area contributed by atoms with E-state index in [1.165, 1.54) is 53.5 Å². The lowest BCUT2D eigenvalue weighted by atomic mass is 10.0. The maximum atomic E-state index is 13.4. The summed E-state index contributed by atoms with van der Waals surface area (Å²) in [5.41, 5.74) is 0.215. The molecule has 2 rings (SSSR count). The fourth-order valence-corrected chi connectivity index (χ4v) is 4.50. The van der Waals surface area contributed by atoms with E-state index in [0.717, 1.165) is 0 Å². The van der Waals surface area contributed by atoms with Crippen molar-refractivity contribution >= 4 is 33.5 Å². The van der Waals surface area contributed by atoms with Gasteiger partial charge in [0.05, 0.1) is 5.69 Å². The van der Waals surface area contributed by atoms with Gasteiger partial charge in [-0.15, -0.1) is 0 Å². The molecule has 3 nitrogen and oxygen atoms in total. The van der Waals surface area contributed by atoms with Crippen molar-refractivity contribution in [2.24, 2.45) is 0 Å². The van der Waals surface area contributed by atoms with Crippen LogP contribution in [0.15, 0.2) is 24.3 Å². The Morgan fingerprint density at radius 2 is 2.00 bits per heavy atom. The molecule has 2 amide bonds. The summed E-state index contributed by atoms with van der Waals surface area (Å²) in [5.74, 6) is -0.417. The van der Waals surface area contributed by atoms with Crippen molar-refractivity contribution in [1.82, 2.24) is 4.31 Å². The van der Waals surface area contributed by atoms with Gasteiger partial charge < -0.3 is 5.32 Å². The van der Waals surface area contributed by atoms with Gasteiger partial charge in [0.2, 0.25) is 0 Å². The number of nitrogens with zero attached hydrogens (tertiary/aromatic N) is 1. The van der Waals surface area contributed by atoms with Gasteiger partial charge in [-0.05, 0) is 25.0 Å². The molecule has 110 valence electrons. The lowest BCUT2D eigenvalue weighted by Crippen LogP contribution is -2.25. The van der Waals surface area contributed by atoms with E-state index in [4.69, 9.17) is 0 Å². The average Bonchev–Trinajstić information content (AvgIpc) is 2.48. The molecule has 20 heavy (non-hydrogen) atoms. The summed E-state index contributed by atoms with van der Waals surface area (Å²) in [4.78, 5) is 12.0. The first-order valence-electron chi connectivity index (χ1n) is 6.79. The van der Waals surface area contributed by atoms with Gasteiger partial charge in [0.25, 0.3) is 0 Å². The minimum Gasteiger partial charge on any atom is -0.304 e. The van der Waals surface area contributed by atoms with Crippen molar-refractivity contribution in [3.8, 4) is 0 Å². The fraction of sp³-hybridized carbons (Fsp3) is 0.500. The first-order chi connectivity index (χ1) is 9.66. The Labute approximate surface area is 127 Å². The molecule has 0 radical (unpaired) electrons. The van der Waals surface area contributed by atoms with Crippen LogP contribution in [0.25, 0.3) is 0 Å². The zero-order valence-corrected chi connectivity index (χ0v) is 13.1. The SMILES string of the molecule is CN(SSC1CCCCC1)C(=O)Nc1ccccc1F. The number of hydrogen-bond acceptors (Lipinski definition) is 3. The van der Waals surface area contributed by atoms with Gasteiger partial charge in [0.15, 0.2) is 0 Å². The van der Waals surface area contributed by atoms with Gasteiger partial charge >= 0.3 is 6.03 Å². The minimum absolute atomic E-state index is 0.215. The number of anilines is 1.